The second-order valence-corrected chi connectivity index (χ2v) is 6.52. The SMILES string of the molecule is Cn1c(-c2ccc(Br)cc2)c(-c2ccccc2)sc1=NN. The van der Waals surface area contributed by atoms with Crippen LogP contribution < -0.4 is 10.6 Å². The van der Waals surface area contributed by atoms with Gasteiger partial charge in [0.15, 0.2) is 0 Å². The summed E-state index contributed by atoms with van der Waals surface area (Å²) >= 11 is 5.07. The van der Waals surface area contributed by atoms with E-state index < -0.39 is 0 Å². The minimum Gasteiger partial charge on any atom is -0.320 e. The van der Waals surface area contributed by atoms with Crippen LogP contribution in [0.4, 0.5) is 0 Å². The van der Waals surface area contributed by atoms with Crippen LogP contribution in [0.3, 0.4) is 0 Å². The lowest BCUT2D eigenvalue weighted by Gasteiger charge is -2.07. The van der Waals surface area contributed by atoms with Crippen LogP contribution in [0.1, 0.15) is 0 Å². The van der Waals surface area contributed by atoms with E-state index in [9.17, 15) is 0 Å². The highest BCUT2D eigenvalue weighted by molar-refractivity contribution is 9.10. The molecule has 0 aliphatic heterocycles. The zero-order valence-electron chi connectivity index (χ0n) is 11.5. The molecule has 0 unspecified atom stereocenters. The van der Waals surface area contributed by atoms with Gasteiger partial charge in [-0.1, -0.05) is 69.7 Å². The number of benzene rings is 2. The molecule has 21 heavy (non-hydrogen) atoms. The summed E-state index contributed by atoms with van der Waals surface area (Å²) in [5, 5.41) is 3.89. The maximum Gasteiger partial charge on any atom is 0.208 e. The van der Waals surface area contributed by atoms with Gasteiger partial charge in [0, 0.05) is 11.5 Å². The van der Waals surface area contributed by atoms with Crippen molar-refractivity contribution < 1.29 is 0 Å². The molecular weight excluding hydrogens is 346 g/mol. The van der Waals surface area contributed by atoms with E-state index in [-0.39, 0.29) is 0 Å². The highest BCUT2D eigenvalue weighted by Gasteiger charge is 2.14. The first kappa shape index (κ1) is 14.1. The van der Waals surface area contributed by atoms with Crippen molar-refractivity contribution in [2.75, 3.05) is 0 Å². The summed E-state index contributed by atoms with van der Waals surface area (Å²) in [4.78, 5) is 1.97. The first-order valence-corrected chi connectivity index (χ1v) is 8.07. The monoisotopic (exact) mass is 359 g/mol. The zero-order valence-corrected chi connectivity index (χ0v) is 13.9. The molecule has 5 heteroatoms. The van der Waals surface area contributed by atoms with Crippen LogP contribution in [0.15, 0.2) is 64.2 Å². The van der Waals surface area contributed by atoms with Gasteiger partial charge in [0.1, 0.15) is 0 Å². The smallest absolute Gasteiger partial charge is 0.208 e. The Kier molecular flexibility index (Phi) is 3.94. The van der Waals surface area contributed by atoms with Gasteiger partial charge in [-0.25, -0.2) is 0 Å². The number of halogens is 1. The molecule has 106 valence electrons. The van der Waals surface area contributed by atoms with Gasteiger partial charge in [0.2, 0.25) is 4.80 Å². The van der Waals surface area contributed by atoms with Gasteiger partial charge in [-0.05, 0) is 23.3 Å². The summed E-state index contributed by atoms with van der Waals surface area (Å²) in [6, 6.07) is 18.6. The summed E-state index contributed by atoms with van der Waals surface area (Å²) < 4.78 is 3.10. The molecule has 0 radical (unpaired) electrons. The van der Waals surface area contributed by atoms with E-state index in [2.05, 4.69) is 45.3 Å². The molecule has 0 saturated heterocycles. The van der Waals surface area contributed by atoms with Crippen molar-refractivity contribution in [2.24, 2.45) is 18.0 Å². The third kappa shape index (κ3) is 2.66. The quantitative estimate of drug-likeness (QED) is 0.546. The Morgan fingerprint density at radius 3 is 2.29 bits per heavy atom. The fourth-order valence-corrected chi connectivity index (χ4v) is 3.62. The standard InChI is InChI=1S/C16H14BrN3S/c1-20-14(11-7-9-13(17)10-8-11)15(21-16(20)19-18)12-5-3-2-4-6-12/h2-10H,18H2,1H3. The number of hydrogen-bond acceptors (Lipinski definition) is 3. The van der Waals surface area contributed by atoms with Gasteiger partial charge in [0.25, 0.3) is 0 Å². The van der Waals surface area contributed by atoms with Crippen molar-refractivity contribution in [3.8, 4) is 21.7 Å². The van der Waals surface area contributed by atoms with Gasteiger partial charge in [0.05, 0.1) is 10.6 Å². The normalized spacial score (nSPS) is 11.8. The Morgan fingerprint density at radius 2 is 1.67 bits per heavy atom. The molecule has 1 heterocycles. The molecule has 0 aliphatic carbocycles. The average Bonchev–Trinajstić information content (AvgIpc) is 2.86. The van der Waals surface area contributed by atoms with E-state index in [0.717, 1.165) is 20.5 Å². The predicted molar refractivity (Wildman–Crippen MR) is 91.6 cm³/mol. The molecule has 0 fully saturated rings. The summed E-state index contributed by atoms with van der Waals surface area (Å²) in [5.74, 6) is 5.52. The molecule has 0 spiro atoms. The average molecular weight is 360 g/mol. The maximum atomic E-state index is 5.52. The van der Waals surface area contributed by atoms with Crippen molar-refractivity contribution in [3.05, 3.63) is 63.9 Å². The highest BCUT2D eigenvalue weighted by atomic mass is 79.9. The molecule has 0 aliphatic rings. The highest BCUT2D eigenvalue weighted by Crippen LogP contribution is 2.34. The number of rotatable bonds is 2. The molecule has 3 aromatic rings. The van der Waals surface area contributed by atoms with Crippen molar-refractivity contribution in [3.63, 3.8) is 0 Å². The number of nitrogens with zero attached hydrogens (tertiary/aromatic N) is 2. The van der Waals surface area contributed by atoms with Crippen LogP contribution in [0.2, 0.25) is 0 Å². The maximum absolute atomic E-state index is 5.52. The van der Waals surface area contributed by atoms with Crippen LogP contribution in [0.5, 0.6) is 0 Å². The van der Waals surface area contributed by atoms with Crippen molar-refractivity contribution in [2.45, 2.75) is 0 Å². The summed E-state index contributed by atoms with van der Waals surface area (Å²) in [5.41, 5.74) is 3.44. The molecular formula is C16H14BrN3S. The number of hydrogen-bond donors (Lipinski definition) is 1. The third-order valence-corrected chi connectivity index (χ3v) is 5.02. The Morgan fingerprint density at radius 1 is 1.00 bits per heavy atom. The molecule has 3 nitrogen and oxygen atoms in total. The molecule has 0 saturated carbocycles. The first-order chi connectivity index (χ1) is 10.2. The number of aromatic nitrogens is 1. The van der Waals surface area contributed by atoms with Gasteiger partial charge in [-0.15, -0.1) is 0 Å². The molecule has 0 amide bonds. The Balaban J connectivity index is 2.28. The van der Waals surface area contributed by atoms with Gasteiger partial charge >= 0.3 is 0 Å². The molecule has 0 bridgehead atoms. The summed E-state index contributed by atoms with van der Waals surface area (Å²) in [7, 11) is 1.99. The minimum absolute atomic E-state index is 0.798. The van der Waals surface area contributed by atoms with Crippen molar-refractivity contribution >= 4 is 27.3 Å². The zero-order chi connectivity index (χ0) is 14.8. The van der Waals surface area contributed by atoms with Gasteiger partial charge < -0.3 is 10.4 Å². The first-order valence-electron chi connectivity index (χ1n) is 6.46. The van der Waals surface area contributed by atoms with E-state index >= 15 is 0 Å². The van der Waals surface area contributed by atoms with E-state index in [1.807, 2.05) is 41.9 Å². The molecule has 2 N–H and O–H groups in total. The summed E-state index contributed by atoms with van der Waals surface area (Å²) in [6.45, 7) is 0. The number of thiazole rings is 1. The lowest BCUT2D eigenvalue weighted by molar-refractivity contribution is 0.863. The van der Waals surface area contributed by atoms with Gasteiger partial charge in [-0.3, -0.25) is 0 Å². The lowest BCUT2D eigenvalue weighted by atomic mass is 10.1. The Labute approximate surface area is 135 Å². The van der Waals surface area contributed by atoms with Crippen molar-refractivity contribution in [1.82, 2.24) is 4.57 Å². The second-order valence-electron chi connectivity index (χ2n) is 4.62. The minimum atomic E-state index is 0.798. The lowest BCUT2D eigenvalue weighted by Crippen LogP contribution is -2.13. The predicted octanol–water partition coefficient (Wildman–Crippen LogP) is 3.96. The van der Waals surface area contributed by atoms with E-state index in [4.69, 9.17) is 5.84 Å². The largest absolute Gasteiger partial charge is 0.320 e. The Bertz CT molecular complexity index is 817. The van der Waals surface area contributed by atoms with E-state index in [1.165, 1.54) is 10.4 Å². The topological polar surface area (TPSA) is 43.3 Å². The number of nitrogens with two attached hydrogens (primary N) is 1. The third-order valence-electron chi connectivity index (χ3n) is 3.29. The van der Waals surface area contributed by atoms with Crippen LogP contribution in [0, 0.1) is 0 Å². The second kappa shape index (κ2) is 5.87. The fourth-order valence-electron chi connectivity index (χ4n) is 2.29. The summed E-state index contributed by atoms with van der Waals surface area (Å²) in [6.07, 6.45) is 0. The van der Waals surface area contributed by atoms with E-state index in [0.29, 0.717) is 0 Å². The molecule has 0 atom stereocenters. The van der Waals surface area contributed by atoms with Crippen LogP contribution >= 0.6 is 27.3 Å². The Hall–Kier alpha value is -1.85. The fraction of sp³-hybridized carbons (Fsp3) is 0.0625. The van der Waals surface area contributed by atoms with Crippen LogP contribution in [-0.2, 0) is 7.05 Å². The van der Waals surface area contributed by atoms with E-state index in [1.54, 1.807) is 11.3 Å². The molecule has 3 rings (SSSR count). The molecule has 1 aromatic heterocycles. The van der Waals surface area contributed by atoms with Crippen LogP contribution in [-0.4, -0.2) is 4.57 Å². The van der Waals surface area contributed by atoms with Crippen LogP contribution in [0.25, 0.3) is 21.7 Å². The molecule has 2 aromatic carbocycles. The van der Waals surface area contributed by atoms with Gasteiger partial charge in [-0.2, -0.15) is 5.10 Å². The van der Waals surface area contributed by atoms with Crippen molar-refractivity contribution in [1.29, 1.82) is 0 Å².